The molecule has 2 amide bonds. The van der Waals surface area contributed by atoms with Crippen molar-refractivity contribution in [2.45, 2.75) is 6.54 Å². The molecule has 1 saturated heterocycles. The van der Waals surface area contributed by atoms with Gasteiger partial charge in [-0.2, -0.15) is 0 Å². The van der Waals surface area contributed by atoms with Crippen LogP contribution in [0.4, 0.5) is 4.79 Å². The smallest absolute Gasteiger partial charge is 0.317 e. The largest absolute Gasteiger partial charge is 0.497 e. The van der Waals surface area contributed by atoms with Crippen molar-refractivity contribution in [1.29, 1.82) is 0 Å². The zero-order chi connectivity index (χ0) is 18.9. The number of nitrogens with zero attached hydrogens (tertiary/aromatic N) is 2. The van der Waals surface area contributed by atoms with Crippen molar-refractivity contribution in [2.75, 3.05) is 39.8 Å². The molecule has 3 rings (SSSR count). The van der Waals surface area contributed by atoms with Gasteiger partial charge in [0.2, 0.25) is 0 Å². The summed E-state index contributed by atoms with van der Waals surface area (Å²) in [6.45, 7) is 4.72. The molecular weight excluding hydrogens is 338 g/mol. The van der Waals surface area contributed by atoms with E-state index in [1.54, 1.807) is 7.11 Å². The number of methoxy groups -OCH3 is 1. The first-order valence-electron chi connectivity index (χ1n) is 9.34. The lowest BCUT2D eigenvalue weighted by Crippen LogP contribution is -2.51. The standard InChI is InChI=1S/C22H27N3O2/c1-27-21-11-5-9-20(17-21)18-23-22(26)25-15-13-24(14-16-25)12-6-10-19-7-3-2-4-8-19/h2-11,17H,12-16,18H2,1H3,(H,23,26)/b10-6+. The fourth-order valence-corrected chi connectivity index (χ4v) is 3.11. The number of nitrogens with one attached hydrogen (secondary N) is 1. The van der Waals surface area contributed by atoms with E-state index in [4.69, 9.17) is 4.74 Å². The lowest BCUT2D eigenvalue weighted by atomic mass is 10.2. The van der Waals surface area contributed by atoms with E-state index in [-0.39, 0.29) is 6.03 Å². The van der Waals surface area contributed by atoms with Crippen LogP contribution < -0.4 is 10.1 Å². The van der Waals surface area contributed by atoms with Gasteiger partial charge in [0, 0.05) is 39.3 Å². The third kappa shape index (κ3) is 5.86. The van der Waals surface area contributed by atoms with Crippen LogP contribution in [-0.2, 0) is 6.54 Å². The average molecular weight is 365 g/mol. The normalized spacial score (nSPS) is 15.1. The Bertz CT molecular complexity index is 753. The van der Waals surface area contributed by atoms with Crippen LogP contribution in [0.2, 0.25) is 0 Å². The number of carbonyl (C=O) groups is 1. The van der Waals surface area contributed by atoms with Gasteiger partial charge in [0.15, 0.2) is 0 Å². The molecule has 0 unspecified atom stereocenters. The van der Waals surface area contributed by atoms with Gasteiger partial charge in [0.05, 0.1) is 7.11 Å². The Morgan fingerprint density at radius 2 is 1.85 bits per heavy atom. The number of ether oxygens (including phenoxy) is 1. The van der Waals surface area contributed by atoms with Crippen LogP contribution in [0, 0.1) is 0 Å². The third-order valence-corrected chi connectivity index (χ3v) is 4.71. The lowest BCUT2D eigenvalue weighted by molar-refractivity contribution is 0.146. The Balaban J connectivity index is 1.39. The van der Waals surface area contributed by atoms with E-state index in [9.17, 15) is 4.79 Å². The quantitative estimate of drug-likeness (QED) is 0.855. The third-order valence-electron chi connectivity index (χ3n) is 4.71. The van der Waals surface area contributed by atoms with Gasteiger partial charge in [-0.1, -0.05) is 54.6 Å². The van der Waals surface area contributed by atoms with Crippen LogP contribution in [0.3, 0.4) is 0 Å². The highest BCUT2D eigenvalue weighted by Gasteiger charge is 2.20. The van der Waals surface area contributed by atoms with Crippen LogP contribution in [0.1, 0.15) is 11.1 Å². The summed E-state index contributed by atoms with van der Waals surface area (Å²) in [7, 11) is 1.65. The number of hydrogen-bond acceptors (Lipinski definition) is 3. The number of rotatable bonds is 6. The number of urea groups is 1. The number of carbonyl (C=O) groups excluding carboxylic acids is 1. The van der Waals surface area contributed by atoms with E-state index >= 15 is 0 Å². The molecule has 1 aliphatic heterocycles. The van der Waals surface area contributed by atoms with Gasteiger partial charge in [0.25, 0.3) is 0 Å². The molecule has 1 N–H and O–H groups in total. The van der Waals surface area contributed by atoms with Crippen molar-refractivity contribution in [3.63, 3.8) is 0 Å². The van der Waals surface area contributed by atoms with Crippen molar-refractivity contribution in [3.8, 4) is 5.75 Å². The summed E-state index contributed by atoms with van der Waals surface area (Å²) >= 11 is 0. The van der Waals surface area contributed by atoms with Crippen LogP contribution in [0.5, 0.6) is 5.75 Å². The maximum atomic E-state index is 12.4. The minimum absolute atomic E-state index is 0.00250. The van der Waals surface area contributed by atoms with Gasteiger partial charge in [-0.25, -0.2) is 4.79 Å². The molecule has 5 nitrogen and oxygen atoms in total. The minimum atomic E-state index is -0.00250. The number of amides is 2. The van der Waals surface area contributed by atoms with E-state index in [1.165, 1.54) is 5.56 Å². The molecule has 1 aliphatic rings. The second-order valence-electron chi connectivity index (χ2n) is 6.61. The molecule has 0 aliphatic carbocycles. The SMILES string of the molecule is COc1cccc(CNC(=O)N2CCN(C/C=C/c3ccccc3)CC2)c1. The van der Waals surface area contributed by atoms with Crippen molar-refractivity contribution >= 4 is 12.1 Å². The van der Waals surface area contributed by atoms with Crippen molar-refractivity contribution in [1.82, 2.24) is 15.1 Å². The Kier molecular flexibility index (Phi) is 6.88. The number of benzene rings is 2. The fraction of sp³-hybridized carbons (Fsp3) is 0.318. The molecule has 1 heterocycles. The highest BCUT2D eigenvalue weighted by molar-refractivity contribution is 5.74. The zero-order valence-electron chi connectivity index (χ0n) is 15.8. The summed E-state index contributed by atoms with van der Waals surface area (Å²) in [4.78, 5) is 16.6. The zero-order valence-corrected chi connectivity index (χ0v) is 15.8. The molecule has 0 bridgehead atoms. The topological polar surface area (TPSA) is 44.8 Å². The first-order valence-corrected chi connectivity index (χ1v) is 9.34. The van der Waals surface area contributed by atoms with Gasteiger partial charge >= 0.3 is 6.03 Å². The lowest BCUT2D eigenvalue weighted by Gasteiger charge is -2.34. The van der Waals surface area contributed by atoms with E-state index in [2.05, 4.69) is 34.5 Å². The highest BCUT2D eigenvalue weighted by atomic mass is 16.5. The van der Waals surface area contributed by atoms with E-state index < -0.39 is 0 Å². The van der Waals surface area contributed by atoms with Crippen molar-refractivity contribution < 1.29 is 9.53 Å². The molecule has 0 spiro atoms. The van der Waals surface area contributed by atoms with E-state index in [1.807, 2.05) is 47.4 Å². The Morgan fingerprint density at radius 3 is 2.59 bits per heavy atom. The maximum Gasteiger partial charge on any atom is 0.317 e. The van der Waals surface area contributed by atoms with Gasteiger partial charge in [0.1, 0.15) is 5.75 Å². The molecule has 5 heteroatoms. The molecule has 2 aromatic rings. The van der Waals surface area contributed by atoms with Gasteiger partial charge in [-0.05, 0) is 23.3 Å². The van der Waals surface area contributed by atoms with Gasteiger partial charge in [-0.3, -0.25) is 4.90 Å². The molecule has 142 valence electrons. The minimum Gasteiger partial charge on any atom is -0.497 e. The first kappa shape index (κ1) is 19.0. The average Bonchev–Trinajstić information content (AvgIpc) is 2.73. The van der Waals surface area contributed by atoms with E-state index in [0.717, 1.165) is 44.0 Å². The highest BCUT2D eigenvalue weighted by Crippen LogP contribution is 2.12. The second-order valence-corrected chi connectivity index (χ2v) is 6.61. The van der Waals surface area contributed by atoms with Crippen molar-refractivity contribution in [3.05, 3.63) is 71.8 Å². The molecule has 1 fully saturated rings. The first-order chi connectivity index (χ1) is 13.2. The second kappa shape index (κ2) is 9.78. The molecule has 0 radical (unpaired) electrons. The van der Waals surface area contributed by atoms with E-state index in [0.29, 0.717) is 6.54 Å². The molecular formula is C22H27N3O2. The Hall–Kier alpha value is -2.79. The number of piperazine rings is 1. The molecule has 0 saturated carbocycles. The predicted molar refractivity (Wildman–Crippen MR) is 109 cm³/mol. The summed E-state index contributed by atoms with van der Waals surface area (Å²) in [5.74, 6) is 0.805. The van der Waals surface area contributed by atoms with Gasteiger partial charge in [-0.15, -0.1) is 0 Å². The van der Waals surface area contributed by atoms with Crippen LogP contribution >= 0.6 is 0 Å². The van der Waals surface area contributed by atoms with Gasteiger partial charge < -0.3 is 15.0 Å². The molecule has 2 aromatic carbocycles. The Morgan fingerprint density at radius 1 is 1.07 bits per heavy atom. The molecule has 0 atom stereocenters. The van der Waals surface area contributed by atoms with Crippen LogP contribution in [0.25, 0.3) is 6.08 Å². The Labute approximate surface area is 161 Å². The monoisotopic (exact) mass is 365 g/mol. The van der Waals surface area contributed by atoms with Crippen LogP contribution in [0.15, 0.2) is 60.7 Å². The summed E-state index contributed by atoms with van der Waals surface area (Å²) in [5.41, 5.74) is 2.25. The molecule has 27 heavy (non-hydrogen) atoms. The summed E-state index contributed by atoms with van der Waals surface area (Å²) in [6, 6.07) is 18.1. The summed E-state index contributed by atoms with van der Waals surface area (Å²) < 4.78 is 5.22. The summed E-state index contributed by atoms with van der Waals surface area (Å²) in [6.07, 6.45) is 4.33. The summed E-state index contributed by atoms with van der Waals surface area (Å²) in [5, 5.41) is 3.00. The predicted octanol–water partition coefficient (Wildman–Crippen LogP) is 3.24. The van der Waals surface area contributed by atoms with Crippen LogP contribution in [-0.4, -0.2) is 55.7 Å². The molecule has 0 aromatic heterocycles. The van der Waals surface area contributed by atoms with Crippen molar-refractivity contribution in [2.24, 2.45) is 0 Å². The maximum absolute atomic E-state index is 12.4. The number of hydrogen-bond donors (Lipinski definition) is 1. The fourth-order valence-electron chi connectivity index (χ4n) is 3.11.